The van der Waals surface area contributed by atoms with Gasteiger partial charge in [0, 0.05) is 68.3 Å². The van der Waals surface area contributed by atoms with Crippen LogP contribution >= 0.6 is 0 Å². The molecule has 0 radical (unpaired) electrons. The van der Waals surface area contributed by atoms with Gasteiger partial charge in [0.1, 0.15) is 33.8 Å². The summed E-state index contributed by atoms with van der Waals surface area (Å²) in [6.07, 6.45) is 0. The summed E-state index contributed by atoms with van der Waals surface area (Å²) in [6, 6.07) is 85.5. The molecule has 0 fully saturated rings. The van der Waals surface area contributed by atoms with E-state index in [9.17, 15) is 0 Å². The molecule has 4 aliphatic heterocycles. The highest BCUT2D eigenvalue weighted by Crippen LogP contribution is 2.53. The first kappa shape index (κ1) is 40.0. The lowest BCUT2D eigenvalue weighted by Gasteiger charge is -2.46. The first-order valence-corrected chi connectivity index (χ1v) is 25.4. The maximum Gasteiger partial charge on any atom is 0.256 e. The van der Waals surface area contributed by atoms with E-state index in [2.05, 4.69) is 245 Å². The van der Waals surface area contributed by atoms with E-state index in [4.69, 9.17) is 13.6 Å². The van der Waals surface area contributed by atoms with Crippen LogP contribution < -0.4 is 52.2 Å². The lowest BCUT2D eigenvalue weighted by Crippen LogP contribution is -2.64. The van der Waals surface area contributed by atoms with Crippen molar-refractivity contribution in [2.45, 2.75) is 0 Å². The lowest BCUT2D eigenvalue weighted by atomic mass is 9.30. The van der Waals surface area contributed by atoms with E-state index in [1.54, 1.807) is 0 Å². The summed E-state index contributed by atoms with van der Waals surface area (Å²) in [5.41, 5.74) is 22.6. The number of fused-ring (bicyclic) bond motifs is 16. The Morgan fingerprint density at radius 1 is 0.324 bits per heavy atom. The molecule has 2 aromatic heterocycles. The second-order valence-electron chi connectivity index (χ2n) is 19.8. The minimum absolute atomic E-state index is 0.157. The second kappa shape index (κ2) is 14.9. The predicted octanol–water partition coefficient (Wildman–Crippen LogP) is 13.6. The van der Waals surface area contributed by atoms with E-state index in [1.165, 1.54) is 21.9 Å². The first-order chi connectivity index (χ1) is 36.7. The van der Waals surface area contributed by atoms with Crippen molar-refractivity contribution in [1.29, 1.82) is 0 Å². The topological polar surface area (TPSA) is 45.2 Å². The fourth-order valence-corrected chi connectivity index (χ4v) is 13.1. The quantitative estimate of drug-likeness (QED) is 0.164. The van der Waals surface area contributed by atoms with Crippen LogP contribution in [0.1, 0.15) is 0 Å². The highest BCUT2D eigenvalue weighted by molar-refractivity contribution is 7.03. The average Bonchev–Trinajstić information content (AvgIpc) is 4.15. The van der Waals surface area contributed by atoms with Gasteiger partial charge in [-0.05, 0) is 99.0 Å². The number of rotatable bonds is 4. The Bertz CT molecular complexity index is 4520. The average molecular weight is 944 g/mol. The first-order valence-electron chi connectivity index (χ1n) is 25.4. The van der Waals surface area contributed by atoms with Crippen molar-refractivity contribution < 1.29 is 13.6 Å². The van der Waals surface area contributed by atoms with Gasteiger partial charge in [-0.3, -0.25) is 0 Å². The molecule has 0 amide bonds. The normalized spacial score (nSPS) is 13.6. The van der Waals surface area contributed by atoms with E-state index in [0.29, 0.717) is 0 Å². The molecular formula is C66H39B2N3O3. The Morgan fingerprint density at radius 3 is 1.58 bits per heavy atom. The Labute approximate surface area is 426 Å². The molecule has 0 N–H and O–H groups in total. The molecule has 342 valence electrons. The Hall–Kier alpha value is -9.65. The molecule has 0 atom stereocenters. The van der Waals surface area contributed by atoms with Crippen LogP contribution in [0.2, 0.25) is 0 Å². The van der Waals surface area contributed by atoms with Crippen LogP contribution in [0.4, 0.5) is 51.2 Å². The van der Waals surface area contributed by atoms with Gasteiger partial charge in [0.2, 0.25) is 0 Å². The number of furan rings is 2. The van der Waals surface area contributed by atoms with Crippen molar-refractivity contribution in [1.82, 2.24) is 0 Å². The van der Waals surface area contributed by atoms with Crippen LogP contribution in [-0.4, -0.2) is 13.4 Å². The zero-order valence-electron chi connectivity index (χ0n) is 39.7. The van der Waals surface area contributed by atoms with Gasteiger partial charge in [-0.1, -0.05) is 164 Å². The molecule has 8 heteroatoms. The molecule has 11 aromatic carbocycles. The van der Waals surface area contributed by atoms with E-state index >= 15 is 0 Å². The number of hydrogen-bond acceptors (Lipinski definition) is 6. The molecule has 74 heavy (non-hydrogen) atoms. The molecule has 0 spiro atoms. The third kappa shape index (κ3) is 5.35. The molecule has 0 saturated heterocycles. The van der Waals surface area contributed by atoms with Crippen LogP contribution in [0.25, 0.3) is 55.0 Å². The molecule has 6 heterocycles. The second-order valence-corrected chi connectivity index (χ2v) is 19.8. The lowest BCUT2D eigenvalue weighted by molar-refractivity contribution is 0.493. The minimum atomic E-state index is -0.186. The summed E-state index contributed by atoms with van der Waals surface area (Å²) in [4.78, 5) is 7.48. The van der Waals surface area contributed by atoms with Gasteiger partial charge in [-0.25, -0.2) is 0 Å². The smallest absolute Gasteiger partial charge is 0.256 e. The van der Waals surface area contributed by atoms with Crippen LogP contribution in [-0.2, 0) is 0 Å². The van der Waals surface area contributed by atoms with Crippen LogP contribution in [0.15, 0.2) is 245 Å². The zero-order valence-corrected chi connectivity index (χ0v) is 39.7. The Kier molecular flexibility index (Phi) is 8.08. The van der Waals surface area contributed by atoms with Crippen molar-refractivity contribution in [2.24, 2.45) is 0 Å². The van der Waals surface area contributed by atoms with Gasteiger partial charge in [-0.15, -0.1) is 0 Å². The van der Waals surface area contributed by atoms with E-state index in [0.717, 1.165) is 129 Å². The fraction of sp³-hybridized carbons (Fsp3) is 0. The van der Waals surface area contributed by atoms with Crippen LogP contribution in [0.5, 0.6) is 11.5 Å². The molecule has 6 nitrogen and oxygen atoms in total. The third-order valence-corrected chi connectivity index (χ3v) is 16.0. The number of nitrogens with zero attached hydrogens (tertiary/aromatic N) is 3. The van der Waals surface area contributed by atoms with Crippen molar-refractivity contribution in [3.05, 3.63) is 237 Å². The highest BCUT2D eigenvalue weighted by Gasteiger charge is 2.49. The number of ether oxygens (including phenoxy) is 1. The maximum atomic E-state index is 7.28. The molecule has 17 rings (SSSR count). The SMILES string of the molecule is c1ccc(-c2ccccc2N2c3cc4c(cc3B3c5ccccc5Oc5c3c2cc2oc3ccccc3c52)B2c3ccccc3N(c3ccccc3)c3c2c(cc2oc5ccccc5c32)N4c2ccccc2)cc1. The molecule has 0 saturated carbocycles. The Morgan fingerprint density at radius 2 is 0.851 bits per heavy atom. The summed E-state index contributed by atoms with van der Waals surface area (Å²) in [7, 11) is 0. The van der Waals surface area contributed by atoms with Crippen molar-refractivity contribution in [2.75, 3.05) is 14.7 Å². The molecule has 0 bridgehead atoms. The van der Waals surface area contributed by atoms with Gasteiger partial charge in [0.15, 0.2) is 0 Å². The molecule has 0 unspecified atom stereocenters. The summed E-state index contributed by atoms with van der Waals surface area (Å²) in [6.45, 7) is -0.342. The van der Waals surface area contributed by atoms with E-state index in [-0.39, 0.29) is 13.4 Å². The molecule has 4 aliphatic rings. The predicted molar refractivity (Wildman–Crippen MR) is 306 cm³/mol. The summed E-state index contributed by atoms with van der Waals surface area (Å²) in [5, 5.41) is 4.22. The summed E-state index contributed by atoms with van der Waals surface area (Å²) >= 11 is 0. The minimum Gasteiger partial charge on any atom is -0.458 e. The maximum absolute atomic E-state index is 7.28. The van der Waals surface area contributed by atoms with Gasteiger partial charge < -0.3 is 28.3 Å². The van der Waals surface area contributed by atoms with Gasteiger partial charge in [0.25, 0.3) is 13.4 Å². The van der Waals surface area contributed by atoms with Crippen LogP contribution in [0, 0.1) is 0 Å². The molecule has 13 aromatic rings. The van der Waals surface area contributed by atoms with Gasteiger partial charge in [-0.2, -0.15) is 0 Å². The van der Waals surface area contributed by atoms with Gasteiger partial charge >= 0.3 is 0 Å². The number of para-hydroxylation sites is 7. The molecular weight excluding hydrogens is 904 g/mol. The number of benzene rings is 11. The van der Waals surface area contributed by atoms with Crippen molar-refractivity contribution in [3.63, 3.8) is 0 Å². The monoisotopic (exact) mass is 943 g/mol. The van der Waals surface area contributed by atoms with E-state index in [1.807, 2.05) is 6.07 Å². The van der Waals surface area contributed by atoms with E-state index < -0.39 is 0 Å². The zero-order chi connectivity index (χ0) is 48.2. The standard InChI is InChI=1S/C66H39B2N3O3/c1-4-20-40(21-5-1)43-26-10-15-31-50(43)71-53-37-52-48(36-49(53)68-47-30-14-19-35-58(47)74-66-62-45-28-12-18-34-57(45)73-60(62)39-55(71)64(66)68)67-46-29-13-16-32-51(46)70(42-24-8-3-9-25-42)65-61-44-27-11-17-33-56(44)72-59(61)38-54(63(65)67)69(52)41-22-6-2-7-23-41/h1-39H. The Balaban J connectivity index is 1.04. The highest BCUT2D eigenvalue weighted by atomic mass is 16.5. The number of hydrogen-bond donors (Lipinski definition) is 0. The van der Waals surface area contributed by atoms with Gasteiger partial charge in [0.05, 0.1) is 22.1 Å². The summed E-state index contributed by atoms with van der Waals surface area (Å²) in [5.74, 6) is 1.69. The van der Waals surface area contributed by atoms with Crippen LogP contribution in [0.3, 0.4) is 0 Å². The van der Waals surface area contributed by atoms with Crippen molar-refractivity contribution in [3.8, 4) is 22.6 Å². The number of anilines is 9. The fourth-order valence-electron chi connectivity index (χ4n) is 13.1. The largest absolute Gasteiger partial charge is 0.458 e. The van der Waals surface area contributed by atoms with Crippen molar-refractivity contribution >= 4 is 141 Å². The summed E-state index contributed by atoms with van der Waals surface area (Å²) < 4.78 is 21.1. The molecule has 0 aliphatic carbocycles. The third-order valence-electron chi connectivity index (χ3n) is 16.0.